The third-order valence-corrected chi connectivity index (χ3v) is 9.78. The summed E-state index contributed by atoms with van der Waals surface area (Å²) in [4.78, 5) is 32.0. The number of rotatable bonds is 5. The lowest BCUT2D eigenvalue weighted by Gasteiger charge is -2.46. The number of carbonyl (C=O) groups excluding carboxylic acids is 2. The summed E-state index contributed by atoms with van der Waals surface area (Å²) >= 11 is 0.728. The molecular weight excluding hydrogens is 576 g/mol. The van der Waals surface area contributed by atoms with Crippen molar-refractivity contribution < 1.29 is 50.1 Å². The molecule has 39 heavy (non-hydrogen) atoms. The van der Waals surface area contributed by atoms with E-state index in [0.717, 1.165) is 23.8 Å². The lowest BCUT2D eigenvalue weighted by atomic mass is 9.89. The van der Waals surface area contributed by atoms with Crippen LogP contribution in [0.4, 0.5) is 26.3 Å². The van der Waals surface area contributed by atoms with Gasteiger partial charge in [-0.15, -0.1) is 11.3 Å². The molecule has 16 heteroatoms. The number of hydrogen-bond donors (Lipinski definition) is 4. The van der Waals surface area contributed by atoms with Crippen LogP contribution in [0.5, 0.6) is 0 Å². The van der Waals surface area contributed by atoms with Crippen LogP contribution in [0.3, 0.4) is 0 Å². The number of aliphatic hydroxyl groups is 1. The Hall–Kier alpha value is -2.40. The van der Waals surface area contributed by atoms with Gasteiger partial charge in [0.05, 0.1) is 22.4 Å². The molecule has 1 aromatic carbocycles. The van der Waals surface area contributed by atoms with Crippen molar-refractivity contribution in [3.8, 4) is 10.4 Å². The highest BCUT2D eigenvalue weighted by molar-refractivity contribution is 8.25. The summed E-state index contributed by atoms with van der Waals surface area (Å²) in [7, 11) is -2.75. The molecule has 2 saturated heterocycles. The van der Waals surface area contributed by atoms with Crippen molar-refractivity contribution in [3.05, 3.63) is 40.0 Å². The van der Waals surface area contributed by atoms with Crippen LogP contribution in [-0.4, -0.2) is 78.4 Å². The molecule has 4 N–H and O–H groups in total. The van der Waals surface area contributed by atoms with Gasteiger partial charge < -0.3 is 15.3 Å². The molecule has 1 aromatic heterocycles. The average Bonchev–Trinajstić information content (AvgIpc) is 3.42. The Morgan fingerprint density at radius 1 is 1.13 bits per heavy atom. The second kappa shape index (κ2) is 9.90. The summed E-state index contributed by atoms with van der Waals surface area (Å²) in [6.07, 6.45) is -10.7. The molecule has 2 fully saturated rings. The predicted molar refractivity (Wildman–Crippen MR) is 132 cm³/mol. The fraction of sp³-hybridized carbons (Fsp3) is 0.522. The van der Waals surface area contributed by atoms with Crippen molar-refractivity contribution in [2.24, 2.45) is 0 Å². The van der Waals surface area contributed by atoms with E-state index in [1.54, 1.807) is 0 Å². The Balaban J connectivity index is 1.76. The zero-order valence-electron chi connectivity index (χ0n) is 20.6. The third kappa shape index (κ3) is 5.36. The van der Waals surface area contributed by atoms with Gasteiger partial charge in [0.25, 0.3) is 17.4 Å². The second-order valence-corrected chi connectivity index (χ2v) is 13.0. The summed E-state index contributed by atoms with van der Waals surface area (Å²) in [6.45, 7) is 3.44. The van der Waals surface area contributed by atoms with Gasteiger partial charge in [0.2, 0.25) is 0 Å². The number of alkyl halides is 6. The molecule has 8 nitrogen and oxygen atoms in total. The summed E-state index contributed by atoms with van der Waals surface area (Å²) in [6, 6.07) is 1.27. The maximum Gasteiger partial charge on any atom is 0.430 e. The lowest BCUT2D eigenvalue weighted by molar-refractivity contribution is -0.376. The van der Waals surface area contributed by atoms with Gasteiger partial charge in [-0.25, -0.2) is 4.98 Å². The van der Waals surface area contributed by atoms with Crippen LogP contribution in [0.2, 0.25) is 0 Å². The number of halogens is 6. The van der Waals surface area contributed by atoms with Gasteiger partial charge in [0.1, 0.15) is 5.69 Å². The highest BCUT2D eigenvalue weighted by Gasteiger charge is 2.71. The summed E-state index contributed by atoms with van der Waals surface area (Å²) < 4.78 is 99.5. The van der Waals surface area contributed by atoms with E-state index < -0.39 is 52.0 Å². The van der Waals surface area contributed by atoms with E-state index >= 15 is 0 Å². The van der Waals surface area contributed by atoms with E-state index in [2.05, 4.69) is 10.3 Å². The standard InChI is InChI=1S/C23H25F6N3O5S2/c1-11-8-13(21(35,22(24,25)26)23(27,28)29)5-6-15(11)17-16(20(34)32-7-3-4-12(32)2)31-19(38-17)18(33)30-14-9-39(36,37)10-14/h5-6,8,12,14,35-37H,3-4,7,9-10H2,1-2H3,(H,30,33). The topological polar surface area (TPSA) is 123 Å². The SMILES string of the molecule is Cc1cc(C(O)(C(F)(F)F)C(F)(F)F)ccc1-c1sc(C(=O)NC2CS(O)(O)C2)nc1C(=O)N1CCCC1C. The van der Waals surface area contributed by atoms with Crippen LogP contribution < -0.4 is 5.32 Å². The first-order valence-electron chi connectivity index (χ1n) is 11.7. The van der Waals surface area contributed by atoms with E-state index in [4.69, 9.17) is 0 Å². The van der Waals surface area contributed by atoms with E-state index in [0.29, 0.717) is 25.1 Å². The van der Waals surface area contributed by atoms with Gasteiger partial charge in [-0.1, -0.05) is 18.2 Å². The van der Waals surface area contributed by atoms with Crippen molar-refractivity contribution in [2.75, 3.05) is 18.1 Å². The summed E-state index contributed by atoms with van der Waals surface area (Å²) in [5.74, 6) is -1.35. The molecule has 2 amide bonds. The van der Waals surface area contributed by atoms with E-state index in [-0.39, 0.29) is 44.3 Å². The Kier molecular flexibility index (Phi) is 7.51. The number of thiazole rings is 1. The van der Waals surface area contributed by atoms with E-state index in [1.807, 2.05) is 6.92 Å². The maximum atomic E-state index is 13.4. The van der Waals surface area contributed by atoms with Gasteiger partial charge in [-0.2, -0.15) is 36.9 Å². The number of likely N-dealkylation sites (tertiary alicyclic amines) is 1. The molecule has 0 radical (unpaired) electrons. The number of carbonyl (C=O) groups is 2. The number of amides is 2. The number of nitrogens with zero attached hydrogens (tertiary/aromatic N) is 2. The van der Waals surface area contributed by atoms with Gasteiger partial charge in [0.15, 0.2) is 5.01 Å². The molecule has 2 aliphatic rings. The van der Waals surface area contributed by atoms with Gasteiger partial charge in [-0.3, -0.25) is 18.7 Å². The molecule has 0 saturated carbocycles. The third-order valence-electron chi connectivity index (χ3n) is 6.82. The van der Waals surface area contributed by atoms with Crippen molar-refractivity contribution in [1.29, 1.82) is 0 Å². The normalized spacial score (nSPS) is 21.0. The molecule has 4 rings (SSSR count). The average molecular weight is 602 g/mol. The van der Waals surface area contributed by atoms with Crippen LogP contribution in [0.1, 0.15) is 51.2 Å². The number of aromatic nitrogens is 1. The Morgan fingerprint density at radius 2 is 1.74 bits per heavy atom. The van der Waals surface area contributed by atoms with Crippen molar-refractivity contribution in [2.45, 2.75) is 56.7 Å². The molecule has 216 valence electrons. The van der Waals surface area contributed by atoms with Crippen LogP contribution in [0.25, 0.3) is 10.4 Å². The number of nitrogens with one attached hydrogen (secondary N) is 1. The molecule has 3 heterocycles. The Labute approximate surface area is 224 Å². The van der Waals surface area contributed by atoms with Crippen LogP contribution in [0.15, 0.2) is 18.2 Å². The quantitative estimate of drug-likeness (QED) is 0.361. The first-order chi connectivity index (χ1) is 17.9. The van der Waals surface area contributed by atoms with Crippen molar-refractivity contribution >= 4 is 33.7 Å². The smallest absolute Gasteiger partial charge is 0.369 e. The number of aryl methyl sites for hydroxylation is 1. The summed E-state index contributed by atoms with van der Waals surface area (Å²) in [5, 5.41) is 12.2. The first-order valence-corrected chi connectivity index (χ1v) is 14.4. The maximum absolute atomic E-state index is 13.4. The monoisotopic (exact) mass is 601 g/mol. The lowest BCUT2D eigenvalue weighted by Crippen LogP contribution is -2.53. The first kappa shape index (κ1) is 29.6. The van der Waals surface area contributed by atoms with Gasteiger partial charge in [0, 0.05) is 18.2 Å². The molecule has 2 aromatic rings. The van der Waals surface area contributed by atoms with Crippen LogP contribution >= 0.6 is 21.9 Å². The van der Waals surface area contributed by atoms with Crippen molar-refractivity contribution in [1.82, 2.24) is 15.2 Å². The van der Waals surface area contributed by atoms with Crippen molar-refractivity contribution in [3.63, 3.8) is 0 Å². The number of benzene rings is 1. The molecule has 1 atom stereocenters. The fourth-order valence-corrected chi connectivity index (χ4v) is 7.08. The van der Waals surface area contributed by atoms with Gasteiger partial charge >= 0.3 is 12.4 Å². The number of hydrogen-bond acceptors (Lipinski definition) is 7. The van der Waals surface area contributed by atoms with Crippen LogP contribution in [0, 0.1) is 6.92 Å². The predicted octanol–water partition coefficient (Wildman–Crippen LogP) is 4.92. The Bertz CT molecular complexity index is 1270. The second-order valence-electron chi connectivity index (χ2n) is 9.73. The minimum absolute atomic E-state index is 0.0457. The van der Waals surface area contributed by atoms with Gasteiger partial charge in [-0.05, 0) is 37.8 Å². The fourth-order valence-electron chi connectivity index (χ4n) is 4.67. The van der Waals surface area contributed by atoms with Crippen LogP contribution in [-0.2, 0) is 5.60 Å². The molecule has 1 unspecified atom stereocenters. The molecule has 2 aliphatic heterocycles. The minimum Gasteiger partial charge on any atom is -0.369 e. The molecule has 0 aliphatic carbocycles. The highest BCUT2D eigenvalue weighted by atomic mass is 32.3. The summed E-state index contributed by atoms with van der Waals surface area (Å²) in [5.41, 5.74) is -6.81. The van der Waals surface area contributed by atoms with E-state index in [1.165, 1.54) is 11.8 Å². The minimum atomic E-state index is -6.06. The Morgan fingerprint density at radius 3 is 2.23 bits per heavy atom. The molecular formula is C23H25F6N3O5S2. The largest absolute Gasteiger partial charge is 0.430 e. The van der Waals surface area contributed by atoms with E-state index in [9.17, 15) is 50.1 Å². The zero-order valence-corrected chi connectivity index (χ0v) is 22.2. The molecule has 0 spiro atoms. The zero-order chi connectivity index (χ0) is 29.1. The molecule has 0 bridgehead atoms. The highest BCUT2D eigenvalue weighted by Crippen LogP contribution is 2.51.